The molecule has 0 unspecified atom stereocenters. The van der Waals surface area contributed by atoms with Crippen LogP contribution in [-0.2, 0) is 14.4 Å². The Morgan fingerprint density at radius 1 is 1.09 bits per heavy atom. The van der Waals surface area contributed by atoms with Crippen molar-refractivity contribution in [2.75, 3.05) is 26.2 Å². The third-order valence-corrected chi connectivity index (χ3v) is 5.75. The molecule has 2 aromatic rings. The summed E-state index contributed by atoms with van der Waals surface area (Å²) in [5.74, 6) is -2.52. The number of halogens is 2. The van der Waals surface area contributed by atoms with E-state index >= 15 is 0 Å². The highest BCUT2D eigenvalue weighted by Gasteiger charge is 2.22. The van der Waals surface area contributed by atoms with E-state index in [2.05, 4.69) is 10.00 Å². The van der Waals surface area contributed by atoms with Gasteiger partial charge in [-0.15, -0.1) is 5.10 Å². The highest BCUT2D eigenvalue weighted by molar-refractivity contribution is 6.42. The summed E-state index contributed by atoms with van der Waals surface area (Å²) in [6, 6.07) is 7.32. The van der Waals surface area contributed by atoms with E-state index < -0.39 is 11.9 Å². The average molecular weight is 486 g/mol. The summed E-state index contributed by atoms with van der Waals surface area (Å²) in [5, 5.41) is 20.3. The maximum atomic E-state index is 11.4. The van der Waals surface area contributed by atoms with Gasteiger partial charge in [-0.25, -0.2) is 14.3 Å². The number of carbonyl (C=O) groups is 3. The average Bonchev–Trinajstić information content (AvgIpc) is 3.11. The molecule has 0 radical (unpaired) electrons. The Bertz CT molecular complexity index is 958. The van der Waals surface area contributed by atoms with Crippen LogP contribution in [0.1, 0.15) is 25.5 Å². The molecule has 0 aliphatic carbocycles. The second-order valence-electron chi connectivity index (χ2n) is 7.32. The highest BCUT2D eigenvalue weighted by Crippen LogP contribution is 2.26. The molecule has 1 aromatic heterocycles. The minimum Gasteiger partial charge on any atom is -0.475 e. The van der Waals surface area contributed by atoms with Crippen molar-refractivity contribution in [2.24, 2.45) is 5.92 Å². The third-order valence-electron chi connectivity index (χ3n) is 5.02. The van der Waals surface area contributed by atoms with E-state index in [1.807, 2.05) is 19.1 Å². The molecule has 0 spiro atoms. The van der Waals surface area contributed by atoms with Gasteiger partial charge in [0.15, 0.2) is 0 Å². The summed E-state index contributed by atoms with van der Waals surface area (Å²) in [4.78, 5) is 32.0. The lowest BCUT2D eigenvalue weighted by molar-refractivity contribution is -0.159. The number of benzene rings is 1. The van der Waals surface area contributed by atoms with Crippen LogP contribution in [0.25, 0.3) is 5.69 Å². The third kappa shape index (κ3) is 7.51. The van der Waals surface area contributed by atoms with Crippen LogP contribution in [0.5, 0.6) is 5.88 Å². The van der Waals surface area contributed by atoms with Crippen LogP contribution < -0.4 is 4.74 Å². The van der Waals surface area contributed by atoms with Gasteiger partial charge in [0.05, 0.1) is 15.7 Å². The number of aliphatic carboxylic acids is 2. The lowest BCUT2D eigenvalue weighted by Gasteiger charge is -2.30. The van der Waals surface area contributed by atoms with Gasteiger partial charge < -0.3 is 14.9 Å². The molecule has 32 heavy (non-hydrogen) atoms. The highest BCUT2D eigenvalue weighted by atomic mass is 35.5. The van der Waals surface area contributed by atoms with Crippen molar-refractivity contribution in [1.82, 2.24) is 14.7 Å². The van der Waals surface area contributed by atoms with E-state index in [-0.39, 0.29) is 5.92 Å². The topological polar surface area (TPSA) is 122 Å². The summed E-state index contributed by atoms with van der Waals surface area (Å²) >= 11 is 12.1. The van der Waals surface area contributed by atoms with Crippen LogP contribution in [0.3, 0.4) is 0 Å². The van der Waals surface area contributed by atoms with Gasteiger partial charge in [-0.3, -0.25) is 9.69 Å². The fraction of sp³-hybridized carbons (Fsp3) is 0.429. The maximum Gasteiger partial charge on any atom is 0.414 e. The van der Waals surface area contributed by atoms with Crippen LogP contribution in [0.2, 0.25) is 10.0 Å². The number of carbonyl (C=O) groups excluding carboxylic acids is 1. The molecule has 11 heteroatoms. The number of aryl methyl sites for hydroxylation is 1. The molecule has 1 saturated heterocycles. The van der Waals surface area contributed by atoms with Crippen LogP contribution in [-0.4, -0.2) is 68.9 Å². The molecular formula is C21H25Cl2N3O6. The normalized spacial score (nSPS) is 14.4. The number of nitrogens with zero attached hydrogens (tertiary/aromatic N) is 3. The van der Waals surface area contributed by atoms with Crippen molar-refractivity contribution in [1.29, 1.82) is 0 Å². The lowest BCUT2D eigenvalue weighted by Crippen LogP contribution is -2.38. The second kappa shape index (κ2) is 11.8. The maximum absolute atomic E-state index is 11.4. The number of likely N-dealkylation sites (tertiary alicyclic amines) is 1. The first-order chi connectivity index (χ1) is 15.1. The zero-order valence-electron chi connectivity index (χ0n) is 17.8. The number of carboxylic acids is 2. The molecule has 0 bridgehead atoms. The number of rotatable bonds is 6. The molecule has 1 fully saturated rings. The van der Waals surface area contributed by atoms with E-state index in [9.17, 15) is 4.79 Å². The standard InChI is InChI=1S/C19H23Cl2N3O2.C2H2O4/c1-13-11-19(22-24(13)16-3-4-17(20)18(21)12-16)26-10-9-23-7-5-15(6-8-23)14(2)25;3-1(4)2(5)6/h3-4,11-12,15H,5-10H2,1-2H3;(H,3,4)(H,5,6). The van der Waals surface area contributed by atoms with Gasteiger partial charge in [-0.1, -0.05) is 23.2 Å². The van der Waals surface area contributed by atoms with E-state index in [0.717, 1.165) is 43.9 Å². The number of piperidine rings is 1. The van der Waals surface area contributed by atoms with Gasteiger partial charge in [-0.2, -0.15) is 0 Å². The molecular weight excluding hydrogens is 461 g/mol. The van der Waals surface area contributed by atoms with Crippen molar-refractivity contribution in [3.63, 3.8) is 0 Å². The number of hydrogen-bond donors (Lipinski definition) is 2. The van der Waals surface area contributed by atoms with Crippen molar-refractivity contribution in [3.05, 3.63) is 40.0 Å². The van der Waals surface area contributed by atoms with Crippen molar-refractivity contribution in [2.45, 2.75) is 26.7 Å². The van der Waals surface area contributed by atoms with Gasteiger partial charge in [0, 0.05) is 24.2 Å². The van der Waals surface area contributed by atoms with Gasteiger partial charge >= 0.3 is 11.9 Å². The Hall–Kier alpha value is -2.62. The minimum atomic E-state index is -1.82. The molecule has 9 nitrogen and oxygen atoms in total. The van der Waals surface area contributed by atoms with Crippen LogP contribution in [0.4, 0.5) is 0 Å². The Balaban J connectivity index is 0.000000534. The fourth-order valence-electron chi connectivity index (χ4n) is 3.24. The first-order valence-electron chi connectivity index (χ1n) is 9.92. The summed E-state index contributed by atoms with van der Waals surface area (Å²) in [6.45, 7) is 6.96. The molecule has 2 heterocycles. The van der Waals surface area contributed by atoms with Gasteiger partial charge in [0.2, 0.25) is 5.88 Å². The van der Waals surface area contributed by atoms with Crippen molar-refractivity contribution < 1.29 is 29.3 Å². The monoisotopic (exact) mass is 485 g/mol. The predicted molar refractivity (Wildman–Crippen MR) is 119 cm³/mol. The Morgan fingerprint density at radius 2 is 1.72 bits per heavy atom. The molecule has 1 aromatic carbocycles. The quantitative estimate of drug-likeness (QED) is 0.597. The minimum absolute atomic E-state index is 0.233. The number of Topliss-reactive ketones (excluding diaryl/α,β-unsaturated/α-hetero) is 1. The zero-order valence-corrected chi connectivity index (χ0v) is 19.3. The summed E-state index contributed by atoms with van der Waals surface area (Å²) in [7, 11) is 0. The van der Waals surface area contributed by atoms with E-state index in [0.29, 0.717) is 28.3 Å². The van der Waals surface area contributed by atoms with E-state index in [4.69, 9.17) is 47.7 Å². The zero-order chi connectivity index (χ0) is 23.8. The van der Waals surface area contributed by atoms with Crippen molar-refractivity contribution in [3.8, 4) is 11.6 Å². The summed E-state index contributed by atoms with van der Waals surface area (Å²) < 4.78 is 7.61. The molecule has 174 valence electrons. The molecule has 1 aliphatic rings. The number of carboxylic acid groups (broad SMARTS) is 2. The van der Waals surface area contributed by atoms with E-state index in [1.165, 1.54) is 0 Å². The Morgan fingerprint density at radius 3 is 2.25 bits per heavy atom. The van der Waals surface area contributed by atoms with Crippen LogP contribution in [0, 0.1) is 12.8 Å². The van der Waals surface area contributed by atoms with Gasteiger partial charge in [-0.05, 0) is 58.0 Å². The summed E-state index contributed by atoms with van der Waals surface area (Å²) in [5.41, 5.74) is 1.80. The number of aromatic nitrogens is 2. The second-order valence-corrected chi connectivity index (χ2v) is 8.13. The fourth-order valence-corrected chi connectivity index (χ4v) is 3.53. The van der Waals surface area contributed by atoms with Crippen LogP contribution in [0.15, 0.2) is 24.3 Å². The summed E-state index contributed by atoms with van der Waals surface area (Å²) in [6.07, 6.45) is 1.89. The van der Waals surface area contributed by atoms with Gasteiger partial charge in [0.25, 0.3) is 0 Å². The first-order valence-corrected chi connectivity index (χ1v) is 10.7. The van der Waals surface area contributed by atoms with Crippen molar-refractivity contribution >= 4 is 40.9 Å². The Labute approximate surface area is 195 Å². The molecule has 3 rings (SSSR count). The molecule has 0 atom stereocenters. The van der Waals surface area contributed by atoms with E-state index in [1.54, 1.807) is 23.7 Å². The largest absolute Gasteiger partial charge is 0.475 e. The lowest BCUT2D eigenvalue weighted by atomic mass is 9.93. The first kappa shape index (κ1) is 25.6. The number of hydrogen-bond acceptors (Lipinski definition) is 6. The molecule has 0 saturated carbocycles. The van der Waals surface area contributed by atoms with Gasteiger partial charge in [0.1, 0.15) is 12.4 Å². The number of ketones is 1. The smallest absolute Gasteiger partial charge is 0.414 e. The molecule has 0 amide bonds. The molecule has 2 N–H and O–H groups in total. The predicted octanol–water partition coefficient (Wildman–Crippen LogP) is 3.32. The van der Waals surface area contributed by atoms with Crippen LogP contribution >= 0.6 is 23.2 Å². The Kier molecular flexibility index (Phi) is 9.49. The SMILES string of the molecule is CC(=O)C1CCN(CCOc2cc(C)n(-c3ccc(Cl)c(Cl)c3)n2)CC1.O=C(O)C(=O)O. The molecule has 1 aliphatic heterocycles. The number of ether oxygens (including phenoxy) is 1.